The van der Waals surface area contributed by atoms with E-state index in [1.165, 1.54) is 17.2 Å². The van der Waals surface area contributed by atoms with E-state index in [4.69, 9.17) is 27.7 Å². The van der Waals surface area contributed by atoms with Crippen LogP contribution in [-0.4, -0.2) is 111 Å². The molecule has 3 aromatic heterocycles. The number of hydrogen-bond acceptors (Lipinski definition) is 13. The smallest absolute Gasteiger partial charge is 0.320 e. The van der Waals surface area contributed by atoms with Gasteiger partial charge in [0.25, 0.3) is 0 Å². The number of carboxylic acid groups (broad SMARTS) is 1. The van der Waals surface area contributed by atoms with Crippen LogP contribution in [0.1, 0.15) is 18.3 Å². The summed E-state index contributed by atoms with van der Waals surface area (Å²) in [6, 6.07) is -1.08. The highest BCUT2D eigenvalue weighted by atomic mass is 35.5. The number of ether oxygens (including phenoxy) is 1. The van der Waals surface area contributed by atoms with Crippen LogP contribution in [0.25, 0.3) is 11.2 Å². The zero-order valence-electron chi connectivity index (χ0n) is 20.8. The van der Waals surface area contributed by atoms with Gasteiger partial charge in [0.2, 0.25) is 0 Å². The van der Waals surface area contributed by atoms with Crippen molar-refractivity contribution < 1.29 is 24.9 Å². The Morgan fingerprint density at radius 3 is 2.72 bits per heavy atom. The molecule has 39 heavy (non-hydrogen) atoms. The van der Waals surface area contributed by atoms with Gasteiger partial charge in [-0.15, -0.1) is 17.5 Å². The molecule has 4 rings (SSSR count). The van der Waals surface area contributed by atoms with Crippen molar-refractivity contribution in [2.75, 3.05) is 25.4 Å². The van der Waals surface area contributed by atoms with Crippen LogP contribution in [0.15, 0.2) is 23.8 Å². The molecule has 0 saturated carbocycles. The quantitative estimate of drug-likeness (QED) is 0.0826. The van der Waals surface area contributed by atoms with Gasteiger partial charge in [-0.3, -0.25) is 23.9 Å². The summed E-state index contributed by atoms with van der Waals surface area (Å²) in [4.78, 5) is 29.2. The van der Waals surface area contributed by atoms with Crippen molar-refractivity contribution >= 4 is 41.3 Å². The molecule has 3 aromatic rings. The number of nitrogens with two attached hydrogens (primary N) is 4. The van der Waals surface area contributed by atoms with E-state index < -0.39 is 36.6 Å². The minimum absolute atomic E-state index is 0. The van der Waals surface area contributed by atoms with Crippen LogP contribution in [0.5, 0.6) is 0 Å². The number of nitrogen functional groups attached to an aromatic ring is 1. The molecule has 19 heteroatoms. The van der Waals surface area contributed by atoms with Crippen LogP contribution < -0.4 is 22.9 Å². The second-order valence-electron chi connectivity index (χ2n) is 8.88. The van der Waals surface area contributed by atoms with Gasteiger partial charge in [0.15, 0.2) is 23.7 Å². The fourth-order valence-electron chi connectivity index (χ4n) is 4.13. The van der Waals surface area contributed by atoms with Crippen LogP contribution in [0, 0.1) is 0 Å². The van der Waals surface area contributed by atoms with Gasteiger partial charge in [0.05, 0.1) is 25.1 Å². The van der Waals surface area contributed by atoms with Gasteiger partial charge in [0, 0.05) is 25.8 Å². The van der Waals surface area contributed by atoms with E-state index in [0.717, 1.165) is 0 Å². The third kappa shape index (κ3) is 7.05. The van der Waals surface area contributed by atoms with E-state index in [1.807, 2.05) is 4.90 Å². The van der Waals surface area contributed by atoms with E-state index in [0.29, 0.717) is 29.9 Å². The third-order valence-corrected chi connectivity index (χ3v) is 6.11. The number of halogens is 1. The summed E-state index contributed by atoms with van der Waals surface area (Å²) in [5, 5.41) is 39.0. The monoisotopic (exact) mass is 569 g/mol. The van der Waals surface area contributed by atoms with Gasteiger partial charge >= 0.3 is 5.97 Å². The standard InChI is InChI=1S/C20H31N13O5.ClH/c21-11(19(36)37)1-3-31(5-10-6-32(30-29-10)4-2-25-20(23)24)7-12-14(34)15(35)18(38-12)33-9-28-13-16(22)26-8-27-17(13)33;/h6,8-9,11-12,14-15,18,34-35H,1-5,7,21H2,(H,36,37)(H2,22,26,27)(H4,23,24,25);1H/t11-,12+,14+,15+,18+;/m0./s1. The summed E-state index contributed by atoms with van der Waals surface area (Å²) in [6.45, 7) is 1.36. The van der Waals surface area contributed by atoms with Crippen LogP contribution in [-0.2, 0) is 22.6 Å². The Hall–Kier alpha value is -3.68. The van der Waals surface area contributed by atoms with E-state index >= 15 is 0 Å². The maximum absolute atomic E-state index is 11.2. The highest BCUT2D eigenvalue weighted by Crippen LogP contribution is 2.32. The average Bonchev–Trinajstić information content (AvgIpc) is 3.57. The van der Waals surface area contributed by atoms with Crippen molar-refractivity contribution in [2.24, 2.45) is 22.2 Å². The Morgan fingerprint density at radius 2 is 2.00 bits per heavy atom. The Morgan fingerprint density at radius 1 is 1.23 bits per heavy atom. The number of fused-ring (bicyclic) bond motifs is 1. The summed E-state index contributed by atoms with van der Waals surface area (Å²) in [7, 11) is 0. The number of anilines is 1. The molecule has 0 aliphatic carbocycles. The summed E-state index contributed by atoms with van der Waals surface area (Å²) in [6.07, 6.45) is 0.114. The first-order valence-electron chi connectivity index (χ1n) is 11.7. The number of carbonyl (C=O) groups is 1. The zero-order chi connectivity index (χ0) is 27.4. The van der Waals surface area contributed by atoms with E-state index in [1.54, 1.807) is 10.9 Å². The molecular formula is C20H32ClN13O5. The molecule has 0 amide bonds. The molecule has 0 unspecified atom stereocenters. The summed E-state index contributed by atoms with van der Waals surface area (Å²) in [5.41, 5.74) is 23.5. The molecule has 214 valence electrons. The number of aliphatic hydroxyl groups is 2. The predicted molar refractivity (Wildman–Crippen MR) is 139 cm³/mol. The van der Waals surface area contributed by atoms with Crippen LogP contribution in [0.2, 0.25) is 0 Å². The Bertz CT molecular complexity index is 1280. The fourth-order valence-corrected chi connectivity index (χ4v) is 4.13. The topological polar surface area (TPSA) is 281 Å². The van der Waals surface area contributed by atoms with Crippen LogP contribution in [0.4, 0.5) is 5.82 Å². The maximum atomic E-state index is 11.2. The Balaban J connectivity index is 0.00000420. The predicted octanol–water partition coefficient (Wildman–Crippen LogP) is -3.38. The third-order valence-electron chi connectivity index (χ3n) is 6.11. The molecule has 0 aromatic carbocycles. The number of aliphatic imine (C=N–C) groups is 1. The first kappa shape index (κ1) is 29.9. The summed E-state index contributed by atoms with van der Waals surface area (Å²) >= 11 is 0. The van der Waals surface area contributed by atoms with Crippen molar-refractivity contribution in [2.45, 2.75) is 50.1 Å². The number of aliphatic carboxylic acids is 1. The van der Waals surface area contributed by atoms with Gasteiger partial charge in [0.1, 0.15) is 36.2 Å². The lowest BCUT2D eigenvalue weighted by Crippen LogP contribution is -2.42. The van der Waals surface area contributed by atoms with Gasteiger partial charge < -0.3 is 43.0 Å². The second-order valence-corrected chi connectivity index (χ2v) is 8.88. The molecule has 5 atom stereocenters. The number of aromatic nitrogens is 7. The van der Waals surface area contributed by atoms with Crippen LogP contribution >= 0.6 is 12.4 Å². The molecular weight excluding hydrogens is 538 g/mol. The molecule has 1 fully saturated rings. The van der Waals surface area contributed by atoms with Crippen molar-refractivity contribution in [3.63, 3.8) is 0 Å². The molecule has 4 heterocycles. The lowest BCUT2D eigenvalue weighted by atomic mass is 10.1. The minimum Gasteiger partial charge on any atom is -0.480 e. The highest BCUT2D eigenvalue weighted by Gasteiger charge is 2.45. The lowest BCUT2D eigenvalue weighted by Gasteiger charge is -2.26. The van der Waals surface area contributed by atoms with Crippen molar-refractivity contribution in [3.8, 4) is 0 Å². The van der Waals surface area contributed by atoms with Gasteiger partial charge in [-0.1, -0.05) is 5.21 Å². The van der Waals surface area contributed by atoms with E-state index in [2.05, 4.69) is 30.3 Å². The zero-order valence-corrected chi connectivity index (χ0v) is 21.6. The number of imidazole rings is 1. The first-order chi connectivity index (χ1) is 18.1. The maximum Gasteiger partial charge on any atom is 0.320 e. The fraction of sp³-hybridized carbons (Fsp3) is 0.550. The van der Waals surface area contributed by atoms with Gasteiger partial charge in [-0.2, -0.15) is 0 Å². The number of hydrogen-bond donors (Lipinski definition) is 7. The number of guanidine groups is 1. The SMILES string of the molecule is Cl.NC(N)=NCCn1cc(CN(CC[C@H](N)C(=O)O)C[C@H]2O[C@@H](n3cnc4c(N)ncnc43)[C@H](O)[C@@H]2O)nn1. The molecule has 1 saturated heterocycles. The summed E-state index contributed by atoms with van der Waals surface area (Å²) < 4.78 is 9.09. The molecule has 0 bridgehead atoms. The average molecular weight is 570 g/mol. The highest BCUT2D eigenvalue weighted by molar-refractivity contribution is 5.85. The van der Waals surface area contributed by atoms with Crippen molar-refractivity contribution in [1.82, 2.24) is 39.4 Å². The molecule has 11 N–H and O–H groups in total. The van der Waals surface area contributed by atoms with Gasteiger partial charge in [-0.25, -0.2) is 15.0 Å². The van der Waals surface area contributed by atoms with Crippen LogP contribution in [0.3, 0.4) is 0 Å². The van der Waals surface area contributed by atoms with Gasteiger partial charge in [-0.05, 0) is 6.42 Å². The normalized spacial score (nSPS) is 21.6. The largest absolute Gasteiger partial charge is 0.480 e. The Kier molecular flexibility index (Phi) is 9.89. The number of aliphatic hydroxyl groups excluding tert-OH is 2. The van der Waals surface area contributed by atoms with Crippen molar-refractivity contribution in [1.29, 1.82) is 0 Å². The first-order valence-corrected chi connectivity index (χ1v) is 11.7. The van der Waals surface area contributed by atoms with Crippen molar-refractivity contribution in [3.05, 3.63) is 24.5 Å². The molecule has 0 radical (unpaired) electrons. The number of nitrogens with zero attached hydrogens (tertiary/aromatic N) is 9. The Labute approximate surface area is 228 Å². The molecule has 0 spiro atoms. The van der Waals surface area contributed by atoms with E-state index in [-0.39, 0.29) is 50.2 Å². The van der Waals surface area contributed by atoms with E-state index in [9.17, 15) is 20.1 Å². The molecule has 1 aliphatic rings. The summed E-state index contributed by atoms with van der Waals surface area (Å²) in [5.74, 6) is -0.983. The molecule has 18 nitrogen and oxygen atoms in total. The number of carboxylic acids is 1. The lowest BCUT2D eigenvalue weighted by molar-refractivity contribution is -0.138. The second kappa shape index (κ2) is 12.9. The number of rotatable bonds is 12. The molecule has 1 aliphatic heterocycles. The minimum atomic E-state index is -1.30.